The van der Waals surface area contributed by atoms with Crippen molar-refractivity contribution in [3.8, 4) is 5.75 Å². The fraction of sp³-hybridized carbons (Fsp3) is 0.476. The van der Waals surface area contributed by atoms with E-state index in [1.807, 2.05) is 12.1 Å². The first kappa shape index (κ1) is 14.7. The molecule has 0 unspecified atom stereocenters. The van der Waals surface area contributed by atoms with Crippen LogP contribution < -0.4 is 4.74 Å². The molecule has 0 saturated heterocycles. The van der Waals surface area contributed by atoms with E-state index in [1.165, 1.54) is 49.3 Å². The Morgan fingerprint density at radius 2 is 2.17 bits per heavy atom. The molecule has 3 atom stereocenters. The summed E-state index contributed by atoms with van der Waals surface area (Å²) in [7, 11) is 0. The molecule has 0 heterocycles. The summed E-state index contributed by atoms with van der Waals surface area (Å²) in [5.41, 5.74) is 6.18. The summed E-state index contributed by atoms with van der Waals surface area (Å²) in [4.78, 5) is 11.2. The Morgan fingerprint density at radius 3 is 2.96 bits per heavy atom. The Hall–Kier alpha value is -1.83. The first-order valence-electron chi connectivity index (χ1n) is 8.68. The number of allylic oxidation sites excluding steroid dienone is 3. The number of esters is 1. The summed E-state index contributed by atoms with van der Waals surface area (Å²) in [5, 5.41) is 0. The molecule has 3 aliphatic carbocycles. The van der Waals surface area contributed by atoms with Crippen LogP contribution in [0.2, 0.25) is 0 Å². The first-order chi connectivity index (χ1) is 11.0. The third-order valence-electron chi connectivity index (χ3n) is 6.38. The molecule has 1 aromatic rings. The van der Waals surface area contributed by atoms with Crippen LogP contribution in [-0.2, 0) is 11.2 Å². The van der Waals surface area contributed by atoms with Gasteiger partial charge in [-0.15, -0.1) is 0 Å². The van der Waals surface area contributed by atoms with Crippen molar-refractivity contribution < 1.29 is 9.53 Å². The van der Waals surface area contributed by atoms with Crippen molar-refractivity contribution in [2.24, 2.45) is 11.3 Å². The Balaban J connectivity index is 1.68. The lowest BCUT2D eigenvalue weighted by atomic mass is 9.59. The lowest BCUT2D eigenvalue weighted by molar-refractivity contribution is -0.131. The van der Waals surface area contributed by atoms with Crippen LogP contribution >= 0.6 is 0 Å². The summed E-state index contributed by atoms with van der Waals surface area (Å²) < 4.78 is 5.24. The minimum atomic E-state index is -0.255. The van der Waals surface area contributed by atoms with Gasteiger partial charge < -0.3 is 4.74 Å². The van der Waals surface area contributed by atoms with E-state index < -0.39 is 0 Å². The largest absolute Gasteiger partial charge is 0.427 e. The minimum Gasteiger partial charge on any atom is -0.427 e. The molecule has 3 aliphatic rings. The number of benzene rings is 1. The van der Waals surface area contributed by atoms with E-state index in [2.05, 4.69) is 25.6 Å². The molecule has 23 heavy (non-hydrogen) atoms. The Kier molecular flexibility index (Phi) is 3.26. The molecule has 2 nitrogen and oxygen atoms in total. The number of fused-ring (bicyclic) bond motifs is 5. The normalized spacial score (nSPS) is 31.7. The van der Waals surface area contributed by atoms with Gasteiger partial charge in [-0.3, -0.25) is 4.79 Å². The molecule has 0 amide bonds. The van der Waals surface area contributed by atoms with Crippen LogP contribution in [0.1, 0.15) is 56.6 Å². The van der Waals surface area contributed by atoms with Crippen molar-refractivity contribution in [1.29, 1.82) is 0 Å². The van der Waals surface area contributed by atoms with Gasteiger partial charge in [0.05, 0.1) is 0 Å². The van der Waals surface area contributed by atoms with Crippen molar-refractivity contribution in [3.05, 3.63) is 53.1 Å². The second-order valence-corrected chi connectivity index (χ2v) is 7.57. The van der Waals surface area contributed by atoms with Crippen LogP contribution in [0.4, 0.5) is 0 Å². The predicted molar refractivity (Wildman–Crippen MR) is 91.5 cm³/mol. The van der Waals surface area contributed by atoms with Gasteiger partial charge >= 0.3 is 5.97 Å². The number of carbonyl (C=O) groups excluding carboxylic acids is 1. The summed E-state index contributed by atoms with van der Waals surface area (Å²) in [5.74, 6) is 1.64. The van der Waals surface area contributed by atoms with Gasteiger partial charge in [0.1, 0.15) is 5.75 Å². The molecule has 4 rings (SSSR count). The van der Waals surface area contributed by atoms with Gasteiger partial charge in [-0.2, -0.15) is 0 Å². The molecule has 0 radical (unpaired) electrons. The van der Waals surface area contributed by atoms with Crippen LogP contribution in [0.5, 0.6) is 5.75 Å². The number of rotatable bonds is 1. The van der Waals surface area contributed by atoms with Crippen molar-refractivity contribution in [2.75, 3.05) is 0 Å². The minimum absolute atomic E-state index is 0.255. The maximum Gasteiger partial charge on any atom is 0.308 e. The van der Waals surface area contributed by atoms with Crippen molar-refractivity contribution in [1.82, 2.24) is 0 Å². The molecule has 2 heteroatoms. The molecule has 0 spiro atoms. The van der Waals surface area contributed by atoms with Crippen LogP contribution in [0.25, 0.3) is 0 Å². The molecular formula is C21H24O2. The topological polar surface area (TPSA) is 26.3 Å². The zero-order valence-corrected chi connectivity index (χ0v) is 14.0. The van der Waals surface area contributed by atoms with Gasteiger partial charge in [-0.1, -0.05) is 36.8 Å². The summed E-state index contributed by atoms with van der Waals surface area (Å²) in [6.45, 7) is 8.23. The summed E-state index contributed by atoms with van der Waals surface area (Å²) >= 11 is 0. The fourth-order valence-corrected chi connectivity index (χ4v) is 5.08. The molecule has 0 aliphatic heterocycles. The highest BCUT2D eigenvalue weighted by Crippen LogP contribution is 2.61. The lowest BCUT2D eigenvalue weighted by Crippen LogP contribution is -2.34. The van der Waals surface area contributed by atoms with Crippen LogP contribution in [-0.4, -0.2) is 5.97 Å². The zero-order valence-electron chi connectivity index (χ0n) is 14.0. The van der Waals surface area contributed by atoms with Crippen molar-refractivity contribution in [3.63, 3.8) is 0 Å². The van der Waals surface area contributed by atoms with E-state index in [9.17, 15) is 4.79 Å². The monoisotopic (exact) mass is 308 g/mol. The van der Waals surface area contributed by atoms with Crippen molar-refractivity contribution >= 4 is 5.97 Å². The Bertz CT molecular complexity index is 727. The molecule has 120 valence electrons. The van der Waals surface area contributed by atoms with Gasteiger partial charge in [0.25, 0.3) is 0 Å². The van der Waals surface area contributed by atoms with Crippen LogP contribution in [0, 0.1) is 11.3 Å². The van der Waals surface area contributed by atoms with Crippen molar-refractivity contribution in [2.45, 2.75) is 51.9 Å². The summed E-state index contributed by atoms with van der Waals surface area (Å²) in [6, 6.07) is 6.17. The highest BCUT2D eigenvalue weighted by molar-refractivity contribution is 5.69. The molecule has 0 aromatic heterocycles. The molecule has 1 aromatic carbocycles. The SMILES string of the molecule is C=C1CC[C@H]2C3=CCc4cc(OC(C)=O)ccc4[C@H]3CC[C@]12C. The first-order valence-corrected chi connectivity index (χ1v) is 8.68. The zero-order chi connectivity index (χ0) is 16.2. The van der Waals surface area contributed by atoms with Gasteiger partial charge in [0.2, 0.25) is 0 Å². The van der Waals surface area contributed by atoms with E-state index >= 15 is 0 Å². The molecule has 0 bridgehead atoms. The second kappa shape index (κ2) is 5.09. The van der Waals surface area contributed by atoms with Gasteiger partial charge in [-0.05, 0) is 66.7 Å². The van der Waals surface area contributed by atoms with E-state index in [0.29, 0.717) is 23.0 Å². The van der Waals surface area contributed by atoms with Gasteiger partial charge in [0, 0.05) is 12.8 Å². The number of carbonyl (C=O) groups is 1. The third-order valence-corrected chi connectivity index (χ3v) is 6.38. The average molecular weight is 308 g/mol. The molecule has 2 saturated carbocycles. The number of hydrogen-bond acceptors (Lipinski definition) is 2. The van der Waals surface area contributed by atoms with E-state index in [0.717, 1.165) is 6.42 Å². The van der Waals surface area contributed by atoms with E-state index in [1.54, 1.807) is 5.57 Å². The predicted octanol–water partition coefficient (Wildman–Crippen LogP) is 4.94. The molecule has 2 fully saturated rings. The third kappa shape index (κ3) is 2.19. The molecule has 0 N–H and O–H groups in total. The maximum absolute atomic E-state index is 11.2. The molecular weight excluding hydrogens is 284 g/mol. The highest BCUT2D eigenvalue weighted by Gasteiger charge is 2.49. The quantitative estimate of drug-likeness (QED) is 0.417. The number of hydrogen-bond donors (Lipinski definition) is 0. The Labute approximate surface area is 138 Å². The van der Waals surface area contributed by atoms with Crippen LogP contribution in [0.3, 0.4) is 0 Å². The average Bonchev–Trinajstić information content (AvgIpc) is 2.82. The maximum atomic E-state index is 11.2. The standard InChI is InChI=1S/C21H24O2/c1-13-4-9-20-19-7-5-15-12-16(23-14(2)22)6-8-17(15)18(19)10-11-21(13,20)3/h6-8,12,18,20H,1,4-5,9-11H2,2-3H3/t18-,20+,21-/m1/s1. The van der Waals surface area contributed by atoms with Gasteiger partial charge in [0.15, 0.2) is 0 Å². The van der Waals surface area contributed by atoms with E-state index in [4.69, 9.17) is 4.74 Å². The Morgan fingerprint density at radius 1 is 1.35 bits per heavy atom. The van der Waals surface area contributed by atoms with Gasteiger partial charge in [-0.25, -0.2) is 0 Å². The summed E-state index contributed by atoms with van der Waals surface area (Å²) in [6.07, 6.45) is 8.30. The lowest BCUT2D eigenvalue weighted by Gasteiger charge is -2.45. The highest BCUT2D eigenvalue weighted by atomic mass is 16.5. The van der Waals surface area contributed by atoms with E-state index in [-0.39, 0.29) is 5.97 Å². The number of ether oxygens (including phenoxy) is 1. The van der Waals surface area contributed by atoms with Crippen LogP contribution in [0.15, 0.2) is 42.0 Å². The smallest absolute Gasteiger partial charge is 0.308 e. The second-order valence-electron chi connectivity index (χ2n) is 7.57. The fourth-order valence-electron chi connectivity index (χ4n) is 5.08.